The maximum atomic E-state index is 13.0. The molecule has 30 heavy (non-hydrogen) atoms. The molecule has 1 aromatic heterocycles. The molecule has 2 atom stereocenters. The standard InChI is InChI=1S/C23H32ClN5O/c1-23(2)12-21-17(13-27-29(21)20-6-4-3-5-19(20)24)14-28(15-23)22(30)26-10-9-16-7-8-18(25)11-16/h3-6,13,16,18H,7-12,14-15,25H2,1-2H3,(H,26,30). The van der Waals surface area contributed by atoms with Gasteiger partial charge in [0.25, 0.3) is 0 Å². The zero-order valence-corrected chi connectivity index (χ0v) is 18.7. The lowest BCUT2D eigenvalue weighted by Gasteiger charge is -2.30. The number of urea groups is 1. The Bertz CT molecular complexity index is 909. The van der Waals surface area contributed by atoms with Gasteiger partial charge in [-0.25, -0.2) is 9.48 Å². The average molecular weight is 430 g/mol. The molecule has 1 fully saturated rings. The monoisotopic (exact) mass is 429 g/mol. The fourth-order valence-corrected chi connectivity index (χ4v) is 5.08. The van der Waals surface area contributed by atoms with Gasteiger partial charge in [0.15, 0.2) is 0 Å². The topological polar surface area (TPSA) is 76.2 Å². The Morgan fingerprint density at radius 1 is 1.33 bits per heavy atom. The van der Waals surface area contributed by atoms with Crippen LogP contribution in [0.1, 0.15) is 50.8 Å². The van der Waals surface area contributed by atoms with E-state index in [4.69, 9.17) is 17.3 Å². The van der Waals surface area contributed by atoms with Gasteiger partial charge < -0.3 is 16.0 Å². The highest BCUT2D eigenvalue weighted by atomic mass is 35.5. The molecule has 2 aromatic rings. The number of nitrogens with two attached hydrogens (primary N) is 1. The third-order valence-electron chi connectivity index (χ3n) is 6.36. The average Bonchev–Trinajstić information content (AvgIpc) is 3.24. The molecular formula is C23H32ClN5O. The molecule has 3 N–H and O–H groups in total. The van der Waals surface area contributed by atoms with E-state index in [0.717, 1.165) is 42.6 Å². The van der Waals surface area contributed by atoms with E-state index in [1.54, 1.807) is 0 Å². The summed E-state index contributed by atoms with van der Waals surface area (Å²) in [6.07, 6.45) is 7.08. The van der Waals surface area contributed by atoms with Crippen LogP contribution in [0.4, 0.5) is 4.79 Å². The minimum Gasteiger partial charge on any atom is -0.338 e. The van der Waals surface area contributed by atoms with Crippen LogP contribution in [-0.4, -0.2) is 39.8 Å². The number of fused-ring (bicyclic) bond motifs is 1. The molecule has 1 aliphatic carbocycles. The number of benzene rings is 1. The minimum absolute atomic E-state index is 0.00344. The van der Waals surface area contributed by atoms with Crippen LogP contribution in [0.2, 0.25) is 5.02 Å². The number of hydrogen-bond donors (Lipinski definition) is 2. The molecule has 162 valence electrons. The summed E-state index contributed by atoms with van der Waals surface area (Å²) in [7, 11) is 0. The Morgan fingerprint density at radius 2 is 2.13 bits per heavy atom. The molecule has 1 aliphatic heterocycles. The number of hydrogen-bond acceptors (Lipinski definition) is 3. The molecule has 6 nitrogen and oxygen atoms in total. The molecular weight excluding hydrogens is 398 g/mol. The molecule has 1 aromatic carbocycles. The lowest BCUT2D eigenvalue weighted by Crippen LogP contribution is -2.44. The zero-order chi connectivity index (χ0) is 21.3. The second-order valence-corrected chi connectivity index (χ2v) is 10.0. The number of carbonyl (C=O) groups excluding carboxylic acids is 1. The van der Waals surface area contributed by atoms with Crippen LogP contribution in [0.15, 0.2) is 30.5 Å². The smallest absolute Gasteiger partial charge is 0.317 e. The first-order valence-corrected chi connectivity index (χ1v) is 11.3. The molecule has 2 amide bonds. The summed E-state index contributed by atoms with van der Waals surface area (Å²) in [5.41, 5.74) is 9.03. The summed E-state index contributed by atoms with van der Waals surface area (Å²) in [6, 6.07) is 8.09. The van der Waals surface area contributed by atoms with Crippen molar-refractivity contribution >= 4 is 17.6 Å². The summed E-state index contributed by atoms with van der Waals surface area (Å²) in [6.45, 7) is 6.37. The molecule has 0 radical (unpaired) electrons. The largest absolute Gasteiger partial charge is 0.338 e. The normalized spacial score (nSPS) is 23.1. The van der Waals surface area contributed by atoms with E-state index >= 15 is 0 Å². The van der Waals surface area contributed by atoms with E-state index < -0.39 is 0 Å². The summed E-state index contributed by atoms with van der Waals surface area (Å²) in [4.78, 5) is 14.9. The van der Waals surface area contributed by atoms with Gasteiger partial charge in [0.05, 0.1) is 23.5 Å². The molecule has 7 heteroatoms. The van der Waals surface area contributed by atoms with Crippen LogP contribution >= 0.6 is 11.6 Å². The van der Waals surface area contributed by atoms with Crippen LogP contribution in [0.3, 0.4) is 0 Å². The first-order chi connectivity index (χ1) is 14.3. The van der Waals surface area contributed by atoms with Gasteiger partial charge in [-0.2, -0.15) is 5.10 Å². The summed E-state index contributed by atoms with van der Waals surface area (Å²) >= 11 is 6.43. The summed E-state index contributed by atoms with van der Waals surface area (Å²) < 4.78 is 1.93. The van der Waals surface area contributed by atoms with E-state index in [2.05, 4.69) is 24.3 Å². The zero-order valence-electron chi connectivity index (χ0n) is 17.9. The molecule has 1 saturated carbocycles. The highest BCUT2D eigenvalue weighted by molar-refractivity contribution is 6.32. The lowest BCUT2D eigenvalue weighted by atomic mass is 9.87. The first-order valence-electron chi connectivity index (χ1n) is 10.9. The molecule has 2 aliphatic rings. The molecule has 2 heterocycles. The minimum atomic E-state index is -0.0696. The predicted molar refractivity (Wildman–Crippen MR) is 120 cm³/mol. The SMILES string of the molecule is CC1(C)Cc2c(cnn2-c2ccccc2Cl)CN(C(=O)NCCC2CCC(N)C2)C1. The predicted octanol–water partition coefficient (Wildman–Crippen LogP) is 4.14. The Hall–Kier alpha value is -2.05. The van der Waals surface area contributed by atoms with Crippen molar-refractivity contribution in [3.63, 3.8) is 0 Å². The number of nitrogens with zero attached hydrogens (tertiary/aromatic N) is 3. The highest BCUT2D eigenvalue weighted by Gasteiger charge is 2.33. The summed E-state index contributed by atoms with van der Waals surface area (Å²) in [5.74, 6) is 0.640. The number of aromatic nitrogens is 2. The van der Waals surface area contributed by atoms with Crippen molar-refractivity contribution in [3.8, 4) is 5.69 Å². The van der Waals surface area contributed by atoms with Crippen molar-refractivity contribution in [3.05, 3.63) is 46.7 Å². The number of rotatable bonds is 4. The number of nitrogens with one attached hydrogen (secondary N) is 1. The maximum absolute atomic E-state index is 13.0. The van der Waals surface area contributed by atoms with Crippen LogP contribution in [0, 0.1) is 11.3 Å². The Kier molecular flexibility index (Phi) is 6.07. The molecule has 0 spiro atoms. The van der Waals surface area contributed by atoms with E-state index in [-0.39, 0.29) is 11.4 Å². The van der Waals surface area contributed by atoms with E-state index in [0.29, 0.717) is 36.6 Å². The Balaban J connectivity index is 1.47. The number of amides is 2. The number of para-hydroxylation sites is 1. The van der Waals surface area contributed by atoms with Crippen LogP contribution in [-0.2, 0) is 13.0 Å². The Morgan fingerprint density at radius 3 is 2.87 bits per heavy atom. The van der Waals surface area contributed by atoms with E-state index in [9.17, 15) is 4.79 Å². The van der Waals surface area contributed by atoms with Crippen molar-refractivity contribution in [1.29, 1.82) is 0 Å². The van der Waals surface area contributed by atoms with Gasteiger partial charge in [-0.3, -0.25) is 0 Å². The fraction of sp³-hybridized carbons (Fsp3) is 0.565. The lowest BCUT2D eigenvalue weighted by molar-refractivity contribution is 0.167. The number of halogens is 1. The van der Waals surface area contributed by atoms with Gasteiger partial charge in [0.2, 0.25) is 0 Å². The second kappa shape index (κ2) is 8.60. The van der Waals surface area contributed by atoms with E-state index in [1.165, 1.54) is 6.42 Å². The number of carbonyl (C=O) groups is 1. The quantitative estimate of drug-likeness (QED) is 0.766. The fourth-order valence-electron chi connectivity index (χ4n) is 4.86. The van der Waals surface area contributed by atoms with Gasteiger partial charge >= 0.3 is 6.03 Å². The van der Waals surface area contributed by atoms with Crippen molar-refractivity contribution in [2.24, 2.45) is 17.1 Å². The molecule has 2 unspecified atom stereocenters. The van der Waals surface area contributed by atoms with Crippen molar-refractivity contribution in [1.82, 2.24) is 20.0 Å². The molecule has 0 saturated heterocycles. The van der Waals surface area contributed by atoms with Crippen molar-refractivity contribution in [2.45, 2.75) is 58.5 Å². The Labute approximate surface area is 183 Å². The van der Waals surface area contributed by atoms with E-state index in [1.807, 2.05) is 40.0 Å². The maximum Gasteiger partial charge on any atom is 0.317 e. The van der Waals surface area contributed by atoms with Crippen LogP contribution in [0.25, 0.3) is 5.69 Å². The highest BCUT2D eigenvalue weighted by Crippen LogP contribution is 2.33. The van der Waals surface area contributed by atoms with Crippen LogP contribution in [0.5, 0.6) is 0 Å². The van der Waals surface area contributed by atoms with Gasteiger partial charge in [-0.05, 0) is 55.6 Å². The van der Waals surface area contributed by atoms with Gasteiger partial charge in [0.1, 0.15) is 0 Å². The third-order valence-corrected chi connectivity index (χ3v) is 6.68. The van der Waals surface area contributed by atoms with Crippen molar-refractivity contribution in [2.75, 3.05) is 13.1 Å². The second-order valence-electron chi connectivity index (χ2n) is 9.64. The van der Waals surface area contributed by atoms with Crippen molar-refractivity contribution < 1.29 is 4.79 Å². The van der Waals surface area contributed by atoms with Crippen LogP contribution < -0.4 is 11.1 Å². The first kappa shape index (κ1) is 21.2. The van der Waals surface area contributed by atoms with Gasteiger partial charge in [-0.15, -0.1) is 0 Å². The molecule has 0 bridgehead atoms. The van der Waals surface area contributed by atoms with Gasteiger partial charge in [-0.1, -0.05) is 37.6 Å². The van der Waals surface area contributed by atoms with Gasteiger partial charge in [0, 0.05) is 30.4 Å². The summed E-state index contributed by atoms with van der Waals surface area (Å²) in [5, 5.41) is 8.42. The third kappa shape index (κ3) is 4.65. The molecule has 4 rings (SSSR count).